The normalized spacial score (nSPS) is 19.3. The number of piperidine rings is 1. The third-order valence-corrected chi connectivity index (χ3v) is 3.92. The molecule has 1 saturated heterocycles. The van der Waals surface area contributed by atoms with Crippen LogP contribution in [-0.2, 0) is 9.53 Å². The number of imidazole rings is 1. The summed E-state index contributed by atoms with van der Waals surface area (Å²) in [6.45, 7) is 1.48. The summed E-state index contributed by atoms with van der Waals surface area (Å²) in [7, 11) is 1.43. The smallest absolute Gasteiger partial charge is 0.310 e. The summed E-state index contributed by atoms with van der Waals surface area (Å²) in [4.78, 5) is 22.2. The van der Waals surface area contributed by atoms with Crippen molar-refractivity contribution < 1.29 is 9.53 Å². The molecule has 3 heterocycles. The molecule has 106 valence electrons. The number of anilines is 1. The van der Waals surface area contributed by atoms with Gasteiger partial charge in [-0.2, -0.15) is 0 Å². The van der Waals surface area contributed by atoms with Crippen LogP contribution < -0.4 is 4.90 Å². The zero-order valence-corrected chi connectivity index (χ0v) is 11.9. The van der Waals surface area contributed by atoms with Gasteiger partial charge in [-0.25, -0.2) is 9.97 Å². The fraction of sp³-hybridized carbons (Fsp3) is 0.462. The second kappa shape index (κ2) is 5.28. The first-order chi connectivity index (χ1) is 9.70. The number of fused-ring (bicyclic) bond motifs is 1. The van der Waals surface area contributed by atoms with Crippen LogP contribution in [0.4, 0.5) is 5.95 Å². The van der Waals surface area contributed by atoms with Crippen molar-refractivity contribution in [2.45, 2.75) is 12.8 Å². The van der Waals surface area contributed by atoms with Crippen LogP contribution in [-0.4, -0.2) is 40.5 Å². The molecule has 0 amide bonds. The largest absolute Gasteiger partial charge is 0.469 e. The number of ether oxygens (including phenoxy) is 1. The second-order valence-corrected chi connectivity index (χ2v) is 5.20. The highest BCUT2D eigenvalue weighted by atomic mass is 35.5. The lowest BCUT2D eigenvalue weighted by Crippen LogP contribution is -2.40. The van der Waals surface area contributed by atoms with Gasteiger partial charge in [-0.1, -0.05) is 11.6 Å². The van der Waals surface area contributed by atoms with Gasteiger partial charge in [-0.3, -0.25) is 9.20 Å². The summed E-state index contributed by atoms with van der Waals surface area (Å²) in [6, 6.07) is 0. The molecular formula is C13H15ClN4O2. The molecule has 7 heteroatoms. The molecule has 20 heavy (non-hydrogen) atoms. The summed E-state index contributed by atoms with van der Waals surface area (Å²) in [5.41, 5.74) is 0.768. The number of carbonyl (C=O) groups is 1. The Bertz CT molecular complexity index is 642. The van der Waals surface area contributed by atoms with E-state index in [0.717, 1.165) is 30.9 Å². The lowest BCUT2D eigenvalue weighted by Gasteiger charge is -2.31. The molecule has 2 aromatic heterocycles. The van der Waals surface area contributed by atoms with Crippen LogP contribution in [0.1, 0.15) is 12.8 Å². The van der Waals surface area contributed by atoms with Gasteiger partial charge in [-0.15, -0.1) is 0 Å². The molecule has 0 spiro atoms. The van der Waals surface area contributed by atoms with Gasteiger partial charge in [0, 0.05) is 25.5 Å². The fourth-order valence-electron chi connectivity index (χ4n) is 2.63. The van der Waals surface area contributed by atoms with Gasteiger partial charge in [0.25, 0.3) is 0 Å². The van der Waals surface area contributed by atoms with E-state index in [9.17, 15) is 4.79 Å². The minimum absolute atomic E-state index is 0.0987. The van der Waals surface area contributed by atoms with Crippen molar-refractivity contribution in [1.82, 2.24) is 14.4 Å². The molecule has 0 N–H and O–H groups in total. The number of aromatic nitrogens is 3. The predicted molar refractivity (Wildman–Crippen MR) is 75.0 cm³/mol. The standard InChI is InChI=1S/C13H15ClN4O2/c1-20-12(19)9-3-2-5-17(8-9)13-16-7-10-11(14)15-4-6-18(10)13/h4,6-7,9H,2-3,5,8H2,1H3. The zero-order valence-electron chi connectivity index (χ0n) is 11.1. The van der Waals surface area contributed by atoms with E-state index in [4.69, 9.17) is 16.3 Å². The number of esters is 1. The Labute approximate surface area is 121 Å². The summed E-state index contributed by atoms with van der Waals surface area (Å²) in [6.07, 6.45) is 6.96. The van der Waals surface area contributed by atoms with Crippen LogP contribution in [0.25, 0.3) is 5.52 Å². The Morgan fingerprint density at radius 3 is 3.15 bits per heavy atom. The highest BCUT2D eigenvalue weighted by molar-refractivity contribution is 6.32. The first kappa shape index (κ1) is 13.2. The Hall–Kier alpha value is -1.82. The Balaban J connectivity index is 1.91. The zero-order chi connectivity index (χ0) is 14.1. The SMILES string of the molecule is COC(=O)C1CCCN(c2ncc3c(Cl)nccn23)C1. The summed E-state index contributed by atoms with van der Waals surface area (Å²) in [5, 5.41) is 0.424. The van der Waals surface area contributed by atoms with Gasteiger partial charge in [-0.05, 0) is 12.8 Å². The van der Waals surface area contributed by atoms with Crippen molar-refractivity contribution in [3.05, 3.63) is 23.7 Å². The van der Waals surface area contributed by atoms with E-state index in [2.05, 4.69) is 14.9 Å². The van der Waals surface area contributed by atoms with Gasteiger partial charge < -0.3 is 9.64 Å². The second-order valence-electron chi connectivity index (χ2n) is 4.84. The number of halogens is 1. The number of rotatable bonds is 2. The monoisotopic (exact) mass is 294 g/mol. The molecule has 1 unspecified atom stereocenters. The number of methoxy groups -OCH3 is 1. The van der Waals surface area contributed by atoms with Gasteiger partial charge >= 0.3 is 5.97 Å². The number of nitrogens with zero attached hydrogens (tertiary/aromatic N) is 4. The van der Waals surface area contributed by atoms with E-state index in [1.54, 1.807) is 12.4 Å². The van der Waals surface area contributed by atoms with E-state index < -0.39 is 0 Å². The van der Waals surface area contributed by atoms with Crippen molar-refractivity contribution >= 4 is 29.0 Å². The van der Waals surface area contributed by atoms with Crippen LogP contribution in [0.2, 0.25) is 5.15 Å². The van der Waals surface area contributed by atoms with Crippen LogP contribution in [0.5, 0.6) is 0 Å². The van der Waals surface area contributed by atoms with Crippen molar-refractivity contribution in [3.63, 3.8) is 0 Å². The fourth-order valence-corrected chi connectivity index (χ4v) is 2.83. The van der Waals surface area contributed by atoms with E-state index >= 15 is 0 Å². The maximum Gasteiger partial charge on any atom is 0.310 e. The molecule has 2 aromatic rings. The predicted octanol–water partition coefficient (Wildman–Crippen LogP) is 1.77. The first-order valence-corrected chi connectivity index (χ1v) is 6.89. The molecule has 0 bridgehead atoms. The minimum Gasteiger partial charge on any atom is -0.469 e. The minimum atomic E-state index is -0.157. The number of hydrogen-bond acceptors (Lipinski definition) is 5. The van der Waals surface area contributed by atoms with Crippen molar-refractivity contribution in [3.8, 4) is 0 Å². The highest BCUT2D eigenvalue weighted by Gasteiger charge is 2.28. The van der Waals surface area contributed by atoms with E-state index in [0.29, 0.717) is 11.7 Å². The average molecular weight is 295 g/mol. The van der Waals surface area contributed by atoms with Gasteiger partial charge in [0.15, 0.2) is 5.15 Å². The molecule has 1 atom stereocenters. The summed E-state index contributed by atoms with van der Waals surface area (Å²) < 4.78 is 6.74. The van der Waals surface area contributed by atoms with Crippen LogP contribution in [0, 0.1) is 5.92 Å². The molecule has 0 radical (unpaired) electrons. The van der Waals surface area contributed by atoms with Gasteiger partial charge in [0.2, 0.25) is 5.95 Å². The Morgan fingerprint density at radius 1 is 1.50 bits per heavy atom. The first-order valence-electron chi connectivity index (χ1n) is 6.51. The van der Waals surface area contributed by atoms with Crippen molar-refractivity contribution in [2.75, 3.05) is 25.1 Å². The van der Waals surface area contributed by atoms with E-state index in [1.165, 1.54) is 7.11 Å². The Morgan fingerprint density at radius 2 is 2.35 bits per heavy atom. The molecule has 3 rings (SSSR count). The lowest BCUT2D eigenvalue weighted by molar-refractivity contribution is -0.145. The quantitative estimate of drug-likeness (QED) is 0.790. The van der Waals surface area contributed by atoms with Crippen molar-refractivity contribution in [1.29, 1.82) is 0 Å². The molecule has 6 nitrogen and oxygen atoms in total. The Kier molecular flexibility index (Phi) is 3.48. The number of hydrogen-bond donors (Lipinski definition) is 0. The average Bonchev–Trinajstić information content (AvgIpc) is 2.92. The third-order valence-electron chi connectivity index (χ3n) is 3.63. The molecule has 1 aliphatic heterocycles. The molecule has 1 fully saturated rings. The summed E-state index contributed by atoms with van der Waals surface area (Å²) in [5.74, 6) is 0.534. The number of carbonyl (C=O) groups excluding carboxylic acids is 1. The third kappa shape index (κ3) is 2.20. The maximum atomic E-state index is 11.7. The highest BCUT2D eigenvalue weighted by Crippen LogP contribution is 2.25. The molecule has 1 aliphatic rings. The van der Waals surface area contributed by atoms with Crippen LogP contribution >= 0.6 is 11.6 Å². The lowest BCUT2D eigenvalue weighted by atomic mass is 9.98. The van der Waals surface area contributed by atoms with Crippen LogP contribution in [0.3, 0.4) is 0 Å². The topological polar surface area (TPSA) is 59.7 Å². The molecular weight excluding hydrogens is 280 g/mol. The molecule has 0 saturated carbocycles. The molecule has 0 aromatic carbocycles. The summed E-state index contributed by atoms with van der Waals surface area (Å²) >= 11 is 6.05. The maximum absolute atomic E-state index is 11.7. The molecule has 0 aliphatic carbocycles. The van der Waals surface area contributed by atoms with Gasteiger partial charge in [0.05, 0.1) is 19.2 Å². The van der Waals surface area contributed by atoms with E-state index in [1.807, 2.05) is 10.6 Å². The van der Waals surface area contributed by atoms with Gasteiger partial charge in [0.1, 0.15) is 5.52 Å². The van der Waals surface area contributed by atoms with Crippen LogP contribution in [0.15, 0.2) is 18.6 Å². The van der Waals surface area contributed by atoms with E-state index in [-0.39, 0.29) is 11.9 Å². The van der Waals surface area contributed by atoms with Crippen molar-refractivity contribution in [2.24, 2.45) is 5.92 Å².